The van der Waals surface area contributed by atoms with E-state index in [1.54, 1.807) is 6.07 Å². The third kappa shape index (κ3) is 4.26. The molecule has 1 aromatic rings. The molecule has 0 aliphatic heterocycles. The van der Waals surface area contributed by atoms with Crippen LogP contribution in [0.1, 0.15) is 10.5 Å². The van der Waals surface area contributed by atoms with Crippen molar-refractivity contribution in [2.24, 2.45) is 0 Å². The predicted molar refractivity (Wildman–Crippen MR) is 60.7 cm³/mol. The monoisotopic (exact) mass is 243 g/mol. The summed E-state index contributed by atoms with van der Waals surface area (Å²) in [5.41, 5.74) is 6.09. The zero-order valence-electron chi connectivity index (χ0n) is 8.80. The maximum Gasteiger partial charge on any atom is 0.269 e. The zero-order chi connectivity index (χ0) is 12.2. The van der Waals surface area contributed by atoms with Crippen molar-refractivity contribution in [1.82, 2.24) is 10.3 Å². The molecule has 0 aromatic carbocycles. The van der Waals surface area contributed by atoms with Gasteiger partial charge < -0.3 is 11.1 Å². The van der Waals surface area contributed by atoms with Crippen molar-refractivity contribution < 1.29 is 13.2 Å². The number of aromatic nitrogens is 1. The standard InChI is InChI=1S/C9H13N3O3S/c1-16(14,15)5-4-11-9(13)8-3-2-7(10)6-12-8/h2-3,6H,4-5,10H2,1H3,(H,11,13). The summed E-state index contributed by atoms with van der Waals surface area (Å²) in [4.78, 5) is 15.2. The molecule has 1 rings (SSSR count). The van der Waals surface area contributed by atoms with E-state index in [-0.39, 0.29) is 18.0 Å². The minimum absolute atomic E-state index is 0.0731. The second-order valence-electron chi connectivity index (χ2n) is 3.36. The van der Waals surface area contributed by atoms with Gasteiger partial charge in [-0.25, -0.2) is 13.4 Å². The number of amides is 1. The molecule has 88 valence electrons. The van der Waals surface area contributed by atoms with Crippen LogP contribution >= 0.6 is 0 Å². The van der Waals surface area contributed by atoms with E-state index in [0.29, 0.717) is 5.69 Å². The van der Waals surface area contributed by atoms with Gasteiger partial charge in [0.2, 0.25) is 0 Å². The van der Waals surface area contributed by atoms with Crippen LogP contribution in [0.15, 0.2) is 18.3 Å². The van der Waals surface area contributed by atoms with Crippen LogP contribution in [0.25, 0.3) is 0 Å². The van der Waals surface area contributed by atoms with Crippen molar-refractivity contribution >= 4 is 21.4 Å². The fourth-order valence-electron chi connectivity index (χ4n) is 0.980. The Morgan fingerprint density at radius 3 is 2.69 bits per heavy atom. The Morgan fingerprint density at radius 1 is 1.50 bits per heavy atom. The van der Waals surface area contributed by atoms with Gasteiger partial charge in [0, 0.05) is 12.8 Å². The van der Waals surface area contributed by atoms with E-state index in [1.807, 2.05) is 0 Å². The number of hydrogen-bond donors (Lipinski definition) is 2. The molecule has 0 spiro atoms. The lowest BCUT2D eigenvalue weighted by atomic mass is 10.3. The van der Waals surface area contributed by atoms with Crippen LogP contribution in [-0.2, 0) is 9.84 Å². The largest absolute Gasteiger partial charge is 0.397 e. The first-order valence-electron chi connectivity index (χ1n) is 4.56. The number of nitrogens with one attached hydrogen (secondary N) is 1. The van der Waals surface area contributed by atoms with E-state index >= 15 is 0 Å². The van der Waals surface area contributed by atoms with E-state index in [0.717, 1.165) is 6.26 Å². The molecular formula is C9H13N3O3S. The second kappa shape index (κ2) is 4.93. The van der Waals surface area contributed by atoms with Crippen molar-refractivity contribution in [2.75, 3.05) is 24.3 Å². The van der Waals surface area contributed by atoms with Gasteiger partial charge in [0.25, 0.3) is 5.91 Å². The van der Waals surface area contributed by atoms with Gasteiger partial charge >= 0.3 is 0 Å². The molecule has 1 aromatic heterocycles. The van der Waals surface area contributed by atoms with Gasteiger partial charge in [0.15, 0.2) is 0 Å². The summed E-state index contributed by atoms with van der Waals surface area (Å²) < 4.78 is 21.6. The number of sulfone groups is 1. The lowest BCUT2D eigenvalue weighted by Gasteiger charge is -2.03. The number of pyridine rings is 1. The minimum Gasteiger partial charge on any atom is -0.397 e. The Bertz CT molecular complexity index is 467. The molecule has 0 fully saturated rings. The Hall–Kier alpha value is -1.63. The van der Waals surface area contributed by atoms with Gasteiger partial charge in [-0.2, -0.15) is 0 Å². The summed E-state index contributed by atoms with van der Waals surface area (Å²) in [7, 11) is -3.06. The summed E-state index contributed by atoms with van der Waals surface area (Å²) in [5, 5.41) is 2.45. The molecule has 0 saturated heterocycles. The average Bonchev–Trinajstić information content (AvgIpc) is 2.16. The van der Waals surface area contributed by atoms with Crippen molar-refractivity contribution in [1.29, 1.82) is 0 Å². The van der Waals surface area contributed by atoms with Crippen LogP contribution in [0.2, 0.25) is 0 Å². The third-order valence-corrected chi connectivity index (χ3v) is 2.72. The molecule has 3 N–H and O–H groups in total. The normalized spacial score (nSPS) is 11.1. The third-order valence-electron chi connectivity index (χ3n) is 1.78. The highest BCUT2D eigenvalue weighted by Gasteiger charge is 2.07. The highest BCUT2D eigenvalue weighted by molar-refractivity contribution is 7.90. The van der Waals surface area contributed by atoms with E-state index in [9.17, 15) is 13.2 Å². The first-order valence-corrected chi connectivity index (χ1v) is 6.62. The van der Waals surface area contributed by atoms with Gasteiger partial charge in [0.1, 0.15) is 15.5 Å². The van der Waals surface area contributed by atoms with E-state index < -0.39 is 15.7 Å². The summed E-state index contributed by atoms with van der Waals surface area (Å²) >= 11 is 0. The first kappa shape index (κ1) is 12.4. The maximum absolute atomic E-state index is 11.4. The summed E-state index contributed by atoms with van der Waals surface area (Å²) in [5.74, 6) is -0.503. The molecule has 1 amide bonds. The lowest BCUT2D eigenvalue weighted by Crippen LogP contribution is -2.29. The zero-order valence-corrected chi connectivity index (χ0v) is 9.62. The number of carbonyl (C=O) groups excluding carboxylic acids is 1. The Labute approximate surface area is 93.8 Å². The van der Waals surface area contributed by atoms with Gasteiger partial charge in [0.05, 0.1) is 17.6 Å². The molecule has 1 heterocycles. The van der Waals surface area contributed by atoms with Crippen molar-refractivity contribution in [3.05, 3.63) is 24.0 Å². The van der Waals surface area contributed by atoms with Crippen LogP contribution in [0.5, 0.6) is 0 Å². The van der Waals surface area contributed by atoms with Crippen LogP contribution in [0.4, 0.5) is 5.69 Å². The average molecular weight is 243 g/mol. The maximum atomic E-state index is 11.4. The quantitative estimate of drug-likeness (QED) is 0.738. The number of rotatable bonds is 4. The summed E-state index contributed by atoms with van der Waals surface area (Å²) in [6, 6.07) is 3.03. The first-order chi connectivity index (χ1) is 7.38. The van der Waals surface area contributed by atoms with Crippen LogP contribution in [-0.4, -0.2) is 37.9 Å². The molecule has 0 aliphatic rings. The van der Waals surface area contributed by atoms with Crippen LogP contribution in [0, 0.1) is 0 Å². The molecule has 0 atom stereocenters. The SMILES string of the molecule is CS(=O)(=O)CCNC(=O)c1ccc(N)cn1. The van der Waals surface area contributed by atoms with Crippen LogP contribution < -0.4 is 11.1 Å². The molecule has 0 unspecified atom stereocenters. The fourth-order valence-corrected chi connectivity index (χ4v) is 1.45. The smallest absolute Gasteiger partial charge is 0.269 e. The van der Waals surface area contributed by atoms with Crippen LogP contribution in [0.3, 0.4) is 0 Å². The van der Waals surface area contributed by atoms with Gasteiger partial charge in [-0.15, -0.1) is 0 Å². The van der Waals surface area contributed by atoms with Gasteiger partial charge in [-0.1, -0.05) is 0 Å². The topological polar surface area (TPSA) is 102 Å². The Kier molecular flexibility index (Phi) is 3.83. The number of nitrogens with two attached hydrogens (primary N) is 1. The predicted octanol–water partition coefficient (Wildman–Crippen LogP) is -0.562. The molecular weight excluding hydrogens is 230 g/mol. The highest BCUT2D eigenvalue weighted by Crippen LogP contribution is 2.00. The Balaban J connectivity index is 2.50. The Morgan fingerprint density at radius 2 is 2.19 bits per heavy atom. The molecule has 0 radical (unpaired) electrons. The van der Waals surface area contributed by atoms with Crippen molar-refractivity contribution in [3.63, 3.8) is 0 Å². The fraction of sp³-hybridized carbons (Fsp3) is 0.333. The number of anilines is 1. The number of nitrogens with zero attached hydrogens (tertiary/aromatic N) is 1. The molecule has 16 heavy (non-hydrogen) atoms. The van der Waals surface area contributed by atoms with E-state index in [2.05, 4.69) is 10.3 Å². The number of nitrogen functional groups attached to an aromatic ring is 1. The molecule has 7 heteroatoms. The van der Waals surface area contributed by atoms with E-state index in [1.165, 1.54) is 12.3 Å². The number of hydrogen-bond acceptors (Lipinski definition) is 5. The molecule has 0 bridgehead atoms. The van der Waals surface area contributed by atoms with Gasteiger partial charge in [-0.05, 0) is 12.1 Å². The number of carbonyl (C=O) groups is 1. The van der Waals surface area contributed by atoms with Gasteiger partial charge in [-0.3, -0.25) is 4.79 Å². The summed E-state index contributed by atoms with van der Waals surface area (Å²) in [6.07, 6.45) is 2.48. The highest BCUT2D eigenvalue weighted by atomic mass is 32.2. The van der Waals surface area contributed by atoms with Crippen molar-refractivity contribution in [3.8, 4) is 0 Å². The second-order valence-corrected chi connectivity index (χ2v) is 5.62. The molecule has 0 saturated carbocycles. The summed E-state index contributed by atoms with van der Waals surface area (Å²) in [6.45, 7) is 0.0731. The minimum atomic E-state index is -3.06. The van der Waals surface area contributed by atoms with Crippen molar-refractivity contribution in [2.45, 2.75) is 0 Å². The molecule has 0 aliphatic carbocycles. The molecule has 6 nitrogen and oxygen atoms in total. The van der Waals surface area contributed by atoms with E-state index in [4.69, 9.17) is 5.73 Å². The lowest BCUT2D eigenvalue weighted by molar-refractivity contribution is 0.0951.